The Bertz CT molecular complexity index is 490. The third kappa shape index (κ3) is 3.77. The summed E-state index contributed by atoms with van der Waals surface area (Å²) in [7, 11) is 0. The normalized spacial score (nSPS) is 14.5. The van der Waals surface area contributed by atoms with Crippen LogP contribution in [0.1, 0.15) is 28.4 Å². The standard InChI is InChI=1S/C12H10F3NO3/c13-12(14,15)11(19)8-3-1-7(2-4-8)10(18)9(17)5-6-16/h1-4,9-10,17-18H,5H2. The highest BCUT2D eigenvalue weighted by Gasteiger charge is 2.39. The van der Waals surface area contributed by atoms with E-state index in [9.17, 15) is 28.2 Å². The molecule has 0 aromatic heterocycles. The quantitative estimate of drug-likeness (QED) is 0.819. The number of carbonyl (C=O) groups is 1. The summed E-state index contributed by atoms with van der Waals surface area (Å²) in [5.41, 5.74) is -0.431. The first kappa shape index (κ1) is 15.1. The van der Waals surface area contributed by atoms with E-state index in [1.807, 2.05) is 0 Å². The molecular weight excluding hydrogens is 263 g/mol. The lowest BCUT2D eigenvalue weighted by molar-refractivity contribution is -0.0885. The zero-order valence-electron chi connectivity index (χ0n) is 9.55. The van der Waals surface area contributed by atoms with Crippen LogP contribution in [-0.4, -0.2) is 28.3 Å². The number of ketones is 1. The van der Waals surface area contributed by atoms with Crippen LogP contribution in [-0.2, 0) is 0 Å². The van der Waals surface area contributed by atoms with Gasteiger partial charge in [-0.3, -0.25) is 4.79 Å². The lowest BCUT2D eigenvalue weighted by atomic mass is 10.00. The van der Waals surface area contributed by atoms with Gasteiger partial charge in [0.25, 0.3) is 5.78 Å². The molecule has 2 N–H and O–H groups in total. The van der Waals surface area contributed by atoms with E-state index in [1.54, 1.807) is 6.07 Å². The van der Waals surface area contributed by atoms with Gasteiger partial charge in [0.2, 0.25) is 0 Å². The number of aliphatic hydroxyl groups is 2. The molecule has 4 nitrogen and oxygen atoms in total. The lowest BCUT2D eigenvalue weighted by Gasteiger charge is -2.15. The highest BCUT2D eigenvalue weighted by molar-refractivity contribution is 6.00. The number of hydrogen-bond acceptors (Lipinski definition) is 4. The van der Waals surface area contributed by atoms with Gasteiger partial charge in [0.1, 0.15) is 6.10 Å². The van der Waals surface area contributed by atoms with Crippen LogP contribution in [0.3, 0.4) is 0 Å². The summed E-state index contributed by atoms with van der Waals surface area (Å²) in [6.07, 6.45) is -8.01. The summed E-state index contributed by atoms with van der Waals surface area (Å²) in [5, 5.41) is 27.3. The summed E-state index contributed by atoms with van der Waals surface area (Å²) >= 11 is 0. The van der Waals surface area contributed by atoms with E-state index in [0.29, 0.717) is 0 Å². The van der Waals surface area contributed by atoms with Gasteiger partial charge in [0.15, 0.2) is 0 Å². The summed E-state index contributed by atoms with van der Waals surface area (Å²) in [6, 6.07) is 5.68. The summed E-state index contributed by atoms with van der Waals surface area (Å²) in [5.74, 6) is -1.98. The largest absolute Gasteiger partial charge is 0.454 e. The second-order valence-corrected chi connectivity index (χ2v) is 3.82. The Balaban J connectivity index is 2.89. The Hall–Kier alpha value is -1.91. The van der Waals surface area contributed by atoms with Crippen LogP contribution in [0.5, 0.6) is 0 Å². The number of rotatable bonds is 4. The molecule has 0 aliphatic heterocycles. The first-order valence-corrected chi connectivity index (χ1v) is 5.22. The SMILES string of the molecule is N#CCC(O)C(O)c1ccc(C(=O)C(F)(F)F)cc1. The molecule has 2 atom stereocenters. The Kier molecular flexibility index (Phi) is 4.64. The van der Waals surface area contributed by atoms with Crippen molar-refractivity contribution < 1.29 is 28.2 Å². The van der Waals surface area contributed by atoms with E-state index in [-0.39, 0.29) is 12.0 Å². The fourth-order valence-corrected chi connectivity index (χ4v) is 1.42. The average molecular weight is 273 g/mol. The third-order valence-corrected chi connectivity index (χ3v) is 2.44. The minimum atomic E-state index is -4.96. The fourth-order valence-electron chi connectivity index (χ4n) is 1.42. The molecule has 0 bridgehead atoms. The van der Waals surface area contributed by atoms with Gasteiger partial charge in [0.05, 0.1) is 18.6 Å². The highest BCUT2D eigenvalue weighted by Crippen LogP contribution is 2.24. The fraction of sp³-hybridized carbons (Fsp3) is 0.333. The Morgan fingerprint density at radius 2 is 1.79 bits per heavy atom. The van der Waals surface area contributed by atoms with Crippen molar-refractivity contribution in [3.05, 3.63) is 35.4 Å². The number of halogens is 3. The van der Waals surface area contributed by atoms with E-state index in [4.69, 9.17) is 5.26 Å². The first-order valence-electron chi connectivity index (χ1n) is 5.22. The van der Waals surface area contributed by atoms with Crippen molar-refractivity contribution in [3.63, 3.8) is 0 Å². The van der Waals surface area contributed by atoms with Gasteiger partial charge in [-0.05, 0) is 5.56 Å². The number of nitrogens with zero attached hydrogens (tertiary/aromatic N) is 1. The van der Waals surface area contributed by atoms with Gasteiger partial charge in [-0.2, -0.15) is 18.4 Å². The zero-order chi connectivity index (χ0) is 14.6. The smallest absolute Gasteiger partial charge is 0.389 e. The van der Waals surface area contributed by atoms with Gasteiger partial charge < -0.3 is 10.2 Å². The van der Waals surface area contributed by atoms with E-state index < -0.39 is 29.7 Å². The van der Waals surface area contributed by atoms with Crippen LogP contribution >= 0.6 is 0 Å². The van der Waals surface area contributed by atoms with Gasteiger partial charge in [-0.25, -0.2) is 0 Å². The number of aliphatic hydroxyl groups excluding tert-OH is 2. The van der Waals surface area contributed by atoms with Gasteiger partial charge in [0, 0.05) is 5.56 Å². The molecule has 1 aromatic rings. The topological polar surface area (TPSA) is 81.3 Å². The molecule has 0 aliphatic carbocycles. The predicted octanol–water partition coefficient (Wildman–Crippen LogP) is 1.74. The molecule has 0 radical (unpaired) electrons. The van der Waals surface area contributed by atoms with Crippen LogP contribution in [0.2, 0.25) is 0 Å². The van der Waals surface area contributed by atoms with Gasteiger partial charge >= 0.3 is 6.18 Å². The second-order valence-electron chi connectivity index (χ2n) is 3.82. The molecule has 1 rings (SSSR count). The maximum absolute atomic E-state index is 12.1. The van der Waals surface area contributed by atoms with Crippen molar-refractivity contribution in [1.29, 1.82) is 5.26 Å². The zero-order valence-corrected chi connectivity index (χ0v) is 9.55. The third-order valence-electron chi connectivity index (χ3n) is 2.44. The molecular formula is C12H10F3NO3. The molecule has 0 heterocycles. The first-order chi connectivity index (χ1) is 8.77. The second kappa shape index (κ2) is 5.82. The van der Waals surface area contributed by atoms with E-state index in [2.05, 4.69) is 0 Å². The Labute approximate surface area is 106 Å². The summed E-state index contributed by atoms with van der Waals surface area (Å²) in [6.45, 7) is 0. The number of nitriles is 1. The van der Waals surface area contributed by atoms with Crippen LogP contribution < -0.4 is 0 Å². The molecule has 7 heteroatoms. The summed E-state index contributed by atoms with van der Waals surface area (Å²) < 4.78 is 36.4. The van der Waals surface area contributed by atoms with Crippen molar-refractivity contribution in [2.45, 2.75) is 24.8 Å². The molecule has 19 heavy (non-hydrogen) atoms. The number of carbonyl (C=O) groups excluding carboxylic acids is 1. The van der Waals surface area contributed by atoms with Crippen LogP contribution in [0, 0.1) is 11.3 Å². The number of Topliss-reactive ketones (excluding diaryl/α,β-unsaturated/α-hetero) is 1. The molecule has 102 valence electrons. The van der Waals surface area contributed by atoms with Crippen molar-refractivity contribution in [2.75, 3.05) is 0 Å². The van der Waals surface area contributed by atoms with Crippen molar-refractivity contribution in [3.8, 4) is 6.07 Å². The average Bonchev–Trinajstić information content (AvgIpc) is 2.36. The summed E-state index contributed by atoms with van der Waals surface area (Å²) in [4.78, 5) is 10.9. The molecule has 1 aromatic carbocycles. The number of alkyl halides is 3. The van der Waals surface area contributed by atoms with Crippen molar-refractivity contribution in [1.82, 2.24) is 0 Å². The van der Waals surface area contributed by atoms with E-state index in [0.717, 1.165) is 24.3 Å². The molecule has 0 saturated carbocycles. The van der Waals surface area contributed by atoms with E-state index >= 15 is 0 Å². The van der Waals surface area contributed by atoms with Gasteiger partial charge in [-0.15, -0.1) is 0 Å². The minimum Gasteiger partial charge on any atom is -0.389 e. The number of hydrogen-bond donors (Lipinski definition) is 2. The Morgan fingerprint density at radius 1 is 1.26 bits per heavy atom. The van der Waals surface area contributed by atoms with Gasteiger partial charge in [-0.1, -0.05) is 24.3 Å². The van der Waals surface area contributed by atoms with E-state index in [1.165, 1.54) is 0 Å². The lowest BCUT2D eigenvalue weighted by Crippen LogP contribution is -2.23. The molecule has 0 spiro atoms. The van der Waals surface area contributed by atoms with Crippen molar-refractivity contribution in [2.24, 2.45) is 0 Å². The maximum atomic E-state index is 12.1. The maximum Gasteiger partial charge on any atom is 0.454 e. The van der Waals surface area contributed by atoms with Crippen LogP contribution in [0.25, 0.3) is 0 Å². The molecule has 2 unspecified atom stereocenters. The number of benzene rings is 1. The molecule has 0 aliphatic rings. The predicted molar refractivity (Wildman–Crippen MR) is 58.0 cm³/mol. The monoisotopic (exact) mass is 273 g/mol. The van der Waals surface area contributed by atoms with Crippen LogP contribution in [0.4, 0.5) is 13.2 Å². The van der Waals surface area contributed by atoms with Crippen LogP contribution in [0.15, 0.2) is 24.3 Å². The minimum absolute atomic E-state index is 0.126. The molecule has 0 fully saturated rings. The van der Waals surface area contributed by atoms with Crippen molar-refractivity contribution >= 4 is 5.78 Å². The Morgan fingerprint density at radius 3 is 2.21 bits per heavy atom. The molecule has 0 saturated heterocycles. The molecule has 0 amide bonds. The highest BCUT2D eigenvalue weighted by atomic mass is 19.4.